The predicted octanol–water partition coefficient (Wildman–Crippen LogP) is 3.28. The lowest BCUT2D eigenvalue weighted by atomic mass is 9.95. The van der Waals surface area contributed by atoms with E-state index in [1.54, 1.807) is 12.3 Å². The molecule has 1 amide bonds. The summed E-state index contributed by atoms with van der Waals surface area (Å²) in [7, 11) is 0. The van der Waals surface area contributed by atoms with E-state index >= 15 is 0 Å². The molecule has 1 atom stereocenters. The third kappa shape index (κ3) is 4.51. The van der Waals surface area contributed by atoms with Crippen LogP contribution in [0.5, 0.6) is 0 Å². The molecule has 1 N–H and O–H groups in total. The fourth-order valence-corrected chi connectivity index (χ4v) is 3.40. The second-order valence-corrected chi connectivity index (χ2v) is 8.14. The summed E-state index contributed by atoms with van der Waals surface area (Å²) in [5.74, 6) is -0.416. The maximum absolute atomic E-state index is 12.4. The molecular weight excluding hydrogens is 342 g/mol. The van der Waals surface area contributed by atoms with E-state index in [9.17, 15) is 9.59 Å². The van der Waals surface area contributed by atoms with Gasteiger partial charge in [-0.2, -0.15) is 0 Å². The standard InChI is InChI=1S/C21H25N3O3/c1-21(2,3)20(27)24-8-7-14(13-24)9-17-5-4-6-18(23-17)15-10-16(19(25)26)12-22-11-15/h4-6,10-12,14H,7-9,13H2,1-3H3,(H,25,26)/t14-/m0/s1. The van der Waals surface area contributed by atoms with Gasteiger partial charge in [-0.15, -0.1) is 0 Å². The number of aromatic carboxylic acids is 1. The molecule has 27 heavy (non-hydrogen) atoms. The molecule has 6 nitrogen and oxygen atoms in total. The van der Waals surface area contributed by atoms with Crippen LogP contribution in [0, 0.1) is 11.3 Å². The first-order valence-electron chi connectivity index (χ1n) is 9.18. The van der Waals surface area contributed by atoms with Crippen LogP contribution in [0.4, 0.5) is 0 Å². The maximum atomic E-state index is 12.4. The average molecular weight is 367 g/mol. The summed E-state index contributed by atoms with van der Waals surface area (Å²) in [6.07, 6.45) is 4.73. The summed E-state index contributed by atoms with van der Waals surface area (Å²) in [6.45, 7) is 7.41. The highest BCUT2D eigenvalue weighted by molar-refractivity contribution is 5.88. The van der Waals surface area contributed by atoms with Crippen molar-refractivity contribution < 1.29 is 14.7 Å². The molecule has 0 radical (unpaired) electrons. The largest absolute Gasteiger partial charge is 0.478 e. The number of carbonyl (C=O) groups is 2. The highest BCUT2D eigenvalue weighted by Gasteiger charge is 2.32. The second kappa shape index (κ2) is 7.47. The Hall–Kier alpha value is -2.76. The van der Waals surface area contributed by atoms with Gasteiger partial charge in [0, 0.05) is 42.2 Å². The summed E-state index contributed by atoms with van der Waals surface area (Å²) in [4.78, 5) is 34.2. The number of carboxylic acid groups (broad SMARTS) is 1. The Bertz CT molecular complexity index is 858. The number of nitrogens with zero attached hydrogens (tertiary/aromatic N) is 3. The minimum absolute atomic E-state index is 0.145. The molecule has 0 aromatic carbocycles. The SMILES string of the molecule is CC(C)(C)C(=O)N1CC[C@@H](Cc2cccc(-c3cncc(C(=O)O)c3)n2)C1. The van der Waals surface area contributed by atoms with Gasteiger partial charge in [-0.1, -0.05) is 26.8 Å². The molecule has 3 rings (SSSR count). The Morgan fingerprint density at radius 2 is 2.04 bits per heavy atom. The van der Waals surface area contributed by atoms with Gasteiger partial charge in [-0.3, -0.25) is 14.8 Å². The van der Waals surface area contributed by atoms with E-state index in [2.05, 4.69) is 9.97 Å². The number of rotatable bonds is 4. The van der Waals surface area contributed by atoms with Gasteiger partial charge in [0.25, 0.3) is 0 Å². The Kier molecular flexibility index (Phi) is 5.26. The number of amides is 1. The summed E-state index contributed by atoms with van der Waals surface area (Å²) in [6, 6.07) is 7.35. The number of carbonyl (C=O) groups excluding carboxylic acids is 1. The zero-order valence-electron chi connectivity index (χ0n) is 16.0. The Morgan fingerprint density at radius 1 is 1.26 bits per heavy atom. The molecule has 6 heteroatoms. The predicted molar refractivity (Wildman–Crippen MR) is 102 cm³/mol. The van der Waals surface area contributed by atoms with E-state index < -0.39 is 5.97 Å². The lowest BCUT2D eigenvalue weighted by Gasteiger charge is -2.25. The monoisotopic (exact) mass is 367 g/mol. The van der Waals surface area contributed by atoms with Gasteiger partial charge in [0.05, 0.1) is 11.3 Å². The van der Waals surface area contributed by atoms with Gasteiger partial charge in [-0.25, -0.2) is 4.79 Å². The van der Waals surface area contributed by atoms with Crippen LogP contribution < -0.4 is 0 Å². The van der Waals surface area contributed by atoms with E-state index in [-0.39, 0.29) is 16.9 Å². The molecule has 1 aliphatic rings. The molecular formula is C21H25N3O3. The topological polar surface area (TPSA) is 83.4 Å². The van der Waals surface area contributed by atoms with Crippen molar-refractivity contribution >= 4 is 11.9 Å². The van der Waals surface area contributed by atoms with Gasteiger partial charge < -0.3 is 10.0 Å². The van der Waals surface area contributed by atoms with E-state index in [0.717, 1.165) is 31.6 Å². The number of pyridine rings is 2. The molecule has 3 heterocycles. The number of carboxylic acids is 1. The van der Waals surface area contributed by atoms with Crippen LogP contribution in [0.3, 0.4) is 0 Å². The van der Waals surface area contributed by atoms with Crippen molar-refractivity contribution in [2.75, 3.05) is 13.1 Å². The molecule has 1 aliphatic heterocycles. The first-order valence-corrected chi connectivity index (χ1v) is 9.18. The minimum atomic E-state index is -1.00. The maximum Gasteiger partial charge on any atom is 0.337 e. The zero-order chi connectivity index (χ0) is 19.6. The van der Waals surface area contributed by atoms with Gasteiger partial charge in [0.1, 0.15) is 0 Å². The Balaban J connectivity index is 1.71. The van der Waals surface area contributed by atoms with Crippen molar-refractivity contribution in [3.63, 3.8) is 0 Å². The average Bonchev–Trinajstić information content (AvgIpc) is 3.09. The minimum Gasteiger partial charge on any atom is -0.478 e. The smallest absolute Gasteiger partial charge is 0.337 e. The number of hydrogen-bond acceptors (Lipinski definition) is 4. The normalized spacial score (nSPS) is 17.1. The molecule has 0 spiro atoms. The van der Waals surface area contributed by atoms with Crippen LogP contribution in [0.1, 0.15) is 43.2 Å². The van der Waals surface area contributed by atoms with Crippen molar-refractivity contribution in [2.24, 2.45) is 11.3 Å². The molecule has 0 bridgehead atoms. The summed E-state index contributed by atoms with van der Waals surface area (Å²) in [5, 5.41) is 9.13. The summed E-state index contributed by atoms with van der Waals surface area (Å²) in [5.41, 5.74) is 2.14. The van der Waals surface area contributed by atoms with Crippen LogP contribution in [0.25, 0.3) is 11.3 Å². The fourth-order valence-electron chi connectivity index (χ4n) is 3.40. The van der Waals surface area contributed by atoms with Crippen molar-refractivity contribution in [3.8, 4) is 11.3 Å². The highest BCUT2D eigenvalue weighted by Crippen LogP contribution is 2.26. The van der Waals surface area contributed by atoms with E-state index in [1.165, 1.54) is 6.20 Å². The van der Waals surface area contributed by atoms with Gasteiger partial charge in [0.15, 0.2) is 0 Å². The van der Waals surface area contributed by atoms with E-state index in [0.29, 0.717) is 17.2 Å². The molecule has 0 saturated carbocycles. The number of aromatic nitrogens is 2. The first kappa shape index (κ1) is 19.0. The molecule has 0 aliphatic carbocycles. The summed E-state index contributed by atoms with van der Waals surface area (Å²) >= 11 is 0. The van der Waals surface area contributed by atoms with E-state index in [1.807, 2.05) is 43.9 Å². The lowest BCUT2D eigenvalue weighted by molar-refractivity contribution is -0.138. The number of likely N-dealkylation sites (tertiary alicyclic amines) is 1. The van der Waals surface area contributed by atoms with Crippen molar-refractivity contribution in [2.45, 2.75) is 33.6 Å². The summed E-state index contributed by atoms with van der Waals surface area (Å²) < 4.78 is 0. The quantitative estimate of drug-likeness (QED) is 0.897. The second-order valence-electron chi connectivity index (χ2n) is 8.14. The fraction of sp³-hybridized carbons (Fsp3) is 0.429. The van der Waals surface area contributed by atoms with E-state index in [4.69, 9.17) is 5.11 Å². The Labute approximate surface area is 159 Å². The van der Waals surface area contributed by atoms with Crippen molar-refractivity contribution in [1.29, 1.82) is 0 Å². The van der Waals surface area contributed by atoms with Crippen LogP contribution in [-0.2, 0) is 11.2 Å². The van der Waals surface area contributed by atoms with Crippen LogP contribution in [-0.4, -0.2) is 44.9 Å². The molecule has 142 valence electrons. The molecule has 1 fully saturated rings. The highest BCUT2D eigenvalue weighted by atomic mass is 16.4. The third-order valence-electron chi connectivity index (χ3n) is 4.80. The van der Waals surface area contributed by atoms with Gasteiger partial charge >= 0.3 is 5.97 Å². The van der Waals surface area contributed by atoms with Crippen LogP contribution >= 0.6 is 0 Å². The molecule has 2 aromatic heterocycles. The zero-order valence-corrected chi connectivity index (χ0v) is 16.0. The van der Waals surface area contributed by atoms with Gasteiger partial charge in [-0.05, 0) is 37.0 Å². The number of hydrogen-bond donors (Lipinski definition) is 1. The van der Waals surface area contributed by atoms with Crippen LogP contribution in [0.2, 0.25) is 0 Å². The lowest BCUT2D eigenvalue weighted by Crippen LogP contribution is -2.38. The first-order chi connectivity index (χ1) is 12.7. The van der Waals surface area contributed by atoms with Crippen molar-refractivity contribution in [3.05, 3.63) is 47.9 Å². The van der Waals surface area contributed by atoms with Crippen LogP contribution in [0.15, 0.2) is 36.7 Å². The third-order valence-corrected chi connectivity index (χ3v) is 4.80. The van der Waals surface area contributed by atoms with Gasteiger partial charge in [0.2, 0.25) is 5.91 Å². The van der Waals surface area contributed by atoms with Crippen molar-refractivity contribution in [1.82, 2.24) is 14.9 Å². The molecule has 0 unspecified atom stereocenters. The Morgan fingerprint density at radius 3 is 2.74 bits per heavy atom. The molecule has 1 saturated heterocycles. The molecule has 2 aromatic rings.